The van der Waals surface area contributed by atoms with Crippen LogP contribution in [0.1, 0.15) is 27.7 Å². The fourth-order valence-electron chi connectivity index (χ4n) is 4.02. The molecule has 4 rings (SSSR count). The molecule has 2 aromatic rings. The molecule has 0 atom stereocenters. The summed E-state index contributed by atoms with van der Waals surface area (Å²) in [6.45, 7) is 5.38. The Morgan fingerprint density at radius 2 is 1.23 bits per heavy atom. The highest BCUT2D eigenvalue weighted by molar-refractivity contribution is 7.93. The van der Waals surface area contributed by atoms with E-state index in [0.29, 0.717) is 16.1 Å². The summed E-state index contributed by atoms with van der Waals surface area (Å²) < 4.78 is 12.4. The lowest BCUT2D eigenvalue weighted by atomic mass is 9.77. The molecular weight excluding hydrogens is 402 g/mol. The van der Waals surface area contributed by atoms with Gasteiger partial charge in [-0.15, -0.1) is 0 Å². The predicted octanol–water partition coefficient (Wildman–Crippen LogP) is 4.33. The molecule has 154 valence electrons. The van der Waals surface area contributed by atoms with Crippen LogP contribution in [0.25, 0.3) is 0 Å². The van der Waals surface area contributed by atoms with Crippen LogP contribution in [0.2, 0.25) is 0 Å². The molecule has 0 amide bonds. The Hall–Kier alpha value is -2.82. The molecule has 0 spiro atoms. The van der Waals surface area contributed by atoms with Crippen molar-refractivity contribution >= 4 is 29.9 Å². The predicted molar refractivity (Wildman–Crippen MR) is 128 cm³/mol. The third kappa shape index (κ3) is 3.31. The Balaban J connectivity index is 2.02. The maximum Gasteiger partial charge on any atom is 0.494 e. The van der Waals surface area contributed by atoms with Crippen LogP contribution in [0, 0.1) is 22.7 Å². The molecule has 31 heavy (non-hydrogen) atoms. The Kier molecular flexibility index (Phi) is 5.32. The SMILES string of the molecule is CC1(C)OB(C2=CC(C#N)=P(c3ccccc3)(c3ccccc3)C(C#N)=C2)OC1(C)C. The monoisotopic (exact) mass is 426 g/mol. The van der Waals surface area contributed by atoms with Gasteiger partial charge in [-0.2, -0.15) is 10.5 Å². The van der Waals surface area contributed by atoms with Crippen molar-refractivity contribution in [3.8, 4) is 12.1 Å². The van der Waals surface area contributed by atoms with Gasteiger partial charge in [0.1, 0.15) is 12.1 Å². The summed E-state index contributed by atoms with van der Waals surface area (Å²) in [7, 11) is -0.634. The maximum atomic E-state index is 10.3. The standard InChI is InChI=1S/C25H24BN2O2P/c1-24(2)25(3,4)30-26(29-24)19-15-22(17-27)31(23(16-19)18-28,20-11-7-5-8-12-20)21-13-9-6-10-14-21/h5-16H,1-4H3. The third-order valence-electron chi connectivity index (χ3n) is 6.37. The molecule has 4 nitrogen and oxygen atoms in total. The molecule has 2 aliphatic heterocycles. The van der Waals surface area contributed by atoms with Crippen molar-refractivity contribution in [2.45, 2.75) is 38.9 Å². The van der Waals surface area contributed by atoms with Crippen molar-refractivity contribution in [3.05, 3.63) is 83.6 Å². The lowest BCUT2D eigenvalue weighted by Crippen LogP contribution is -2.41. The number of allylic oxidation sites excluding steroid dienone is 4. The zero-order chi connectivity index (χ0) is 22.3. The molecule has 2 heterocycles. The normalized spacial score (nSPS) is 21.0. The zero-order valence-electron chi connectivity index (χ0n) is 18.2. The summed E-state index contributed by atoms with van der Waals surface area (Å²) in [5.41, 5.74) is -0.308. The van der Waals surface area contributed by atoms with Crippen LogP contribution in [-0.2, 0) is 9.31 Å². The highest BCUT2D eigenvalue weighted by Crippen LogP contribution is 2.57. The van der Waals surface area contributed by atoms with Crippen molar-refractivity contribution in [3.63, 3.8) is 0 Å². The first-order valence-corrected chi connectivity index (χ1v) is 12.0. The fraction of sp³-hybridized carbons (Fsp3) is 0.240. The van der Waals surface area contributed by atoms with E-state index in [-0.39, 0.29) is 0 Å². The number of hydrogen-bond acceptors (Lipinski definition) is 4. The van der Waals surface area contributed by atoms with E-state index in [4.69, 9.17) is 9.31 Å². The van der Waals surface area contributed by atoms with Crippen LogP contribution in [0.3, 0.4) is 0 Å². The quantitative estimate of drug-likeness (QED) is 0.542. The first-order valence-electron chi connectivity index (χ1n) is 10.2. The number of rotatable bonds is 3. The highest BCUT2D eigenvalue weighted by Gasteiger charge is 2.53. The van der Waals surface area contributed by atoms with Gasteiger partial charge in [0.2, 0.25) is 0 Å². The van der Waals surface area contributed by atoms with Gasteiger partial charge in [0.05, 0.1) is 21.8 Å². The summed E-state index contributed by atoms with van der Waals surface area (Å²) in [4.78, 5) is 0. The second-order valence-corrected chi connectivity index (χ2v) is 12.1. The van der Waals surface area contributed by atoms with E-state index in [1.165, 1.54) is 0 Å². The second-order valence-electron chi connectivity index (χ2n) is 8.71. The van der Waals surface area contributed by atoms with Crippen LogP contribution < -0.4 is 10.6 Å². The smallest absolute Gasteiger partial charge is 0.399 e. The molecule has 0 aromatic heterocycles. The summed E-state index contributed by atoms with van der Waals surface area (Å²) in [5.74, 6) is 0. The number of hydrogen-bond donors (Lipinski definition) is 0. The van der Waals surface area contributed by atoms with Crippen LogP contribution in [0.4, 0.5) is 0 Å². The highest BCUT2D eigenvalue weighted by atomic mass is 31.2. The van der Waals surface area contributed by atoms with Crippen molar-refractivity contribution in [2.24, 2.45) is 0 Å². The van der Waals surface area contributed by atoms with Gasteiger partial charge in [0.25, 0.3) is 0 Å². The van der Waals surface area contributed by atoms with E-state index in [9.17, 15) is 10.5 Å². The molecule has 2 aromatic carbocycles. The Labute approximate surface area is 184 Å². The van der Waals surface area contributed by atoms with Gasteiger partial charge in [-0.3, -0.25) is 0 Å². The van der Waals surface area contributed by atoms with E-state index in [1.807, 2.05) is 101 Å². The van der Waals surface area contributed by atoms with Crippen molar-refractivity contribution in [2.75, 3.05) is 0 Å². The number of nitriles is 2. The molecule has 1 fully saturated rings. The van der Waals surface area contributed by atoms with Gasteiger partial charge in [0, 0.05) is 6.89 Å². The van der Waals surface area contributed by atoms with Gasteiger partial charge >= 0.3 is 7.12 Å². The molecule has 1 saturated heterocycles. The molecule has 0 unspecified atom stereocenters. The average molecular weight is 426 g/mol. The van der Waals surface area contributed by atoms with Crippen LogP contribution in [0.15, 0.2) is 83.6 Å². The van der Waals surface area contributed by atoms with E-state index < -0.39 is 25.2 Å². The lowest BCUT2D eigenvalue weighted by Gasteiger charge is -2.32. The van der Waals surface area contributed by atoms with Gasteiger partial charge in [-0.05, 0) is 55.9 Å². The number of benzene rings is 2. The van der Waals surface area contributed by atoms with Gasteiger partial charge in [0.15, 0.2) is 0 Å². The third-order valence-corrected chi connectivity index (χ3v) is 10.4. The maximum absolute atomic E-state index is 10.3. The molecule has 0 N–H and O–H groups in total. The number of nitrogens with zero attached hydrogens (tertiary/aromatic N) is 2. The van der Waals surface area contributed by atoms with Crippen LogP contribution >= 0.6 is 6.89 Å². The fourth-order valence-corrected chi connectivity index (χ4v) is 7.91. The van der Waals surface area contributed by atoms with E-state index >= 15 is 0 Å². The summed E-state index contributed by atoms with van der Waals surface area (Å²) in [5, 5.41) is 23.7. The largest absolute Gasteiger partial charge is 0.494 e. The summed E-state index contributed by atoms with van der Waals surface area (Å²) >= 11 is 0. The minimum atomic E-state index is -2.59. The Bertz CT molecular complexity index is 1160. The van der Waals surface area contributed by atoms with Gasteiger partial charge in [-0.1, -0.05) is 60.7 Å². The zero-order valence-corrected chi connectivity index (χ0v) is 19.1. The van der Waals surface area contributed by atoms with E-state index in [1.54, 1.807) is 0 Å². The first kappa shape index (κ1) is 21.4. The molecular formula is C25H24BN2O2P. The molecule has 6 heteroatoms. The minimum Gasteiger partial charge on any atom is -0.399 e. The lowest BCUT2D eigenvalue weighted by molar-refractivity contribution is 0.00578. The van der Waals surface area contributed by atoms with Gasteiger partial charge < -0.3 is 9.31 Å². The molecule has 0 saturated carbocycles. The van der Waals surface area contributed by atoms with Crippen molar-refractivity contribution in [1.29, 1.82) is 10.5 Å². The van der Waals surface area contributed by atoms with Crippen LogP contribution in [0.5, 0.6) is 0 Å². The summed E-state index contributed by atoms with van der Waals surface area (Å²) in [6.07, 6.45) is 3.74. The summed E-state index contributed by atoms with van der Waals surface area (Å²) in [6, 6.07) is 24.6. The van der Waals surface area contributed by atoms with Crippen molar-refractivity contribution in [1.82, 2.24) is 0 Å². The molecule has 0 aliphatic carbocycles. The van der Waals surface area contributed by atoms with E-state index in [2.05, 4.69) is 12.1 Å². The van der Waals surface area contributed by atoms with Crippen LogP contribution in [-0.4, -0.2) is 23.6 Å². The topological polar surface area (TPSA) is 66.0 Å². The minimum absolute atomic E-state index is 0.505. The van der Waals surface area contributed by atoms with Gasteiger partial charge in [-0.25, -0.2) is 0 Å². The molecule has 0 bridgehead atoms. The van der Waals surface area contributed by atoms with Crippen molar-refractivity contribution < 1.29 is 9.31 Å². The Morgan fingerprint density at radius 1 is 0.742 bits per heavy atom. The molecule has 0 radical (unpaired) electrons. The molecule has 2 aliphatic rings. The first-order chi connectivity index (χ1) is 14.8. The Morgan fingerprint density at radius 3 is 1.65 bits per heavy atom. The second kappa shape index (κ2) is 7.70. The average Bonchev–Trinajstić information content (AvgIpc) is 3.00. The van der Waals surface area contributed by atoms with E-state index in [0.717, 1.165) is 10.6 Å².